The minimum atomic E-state index is -0.869. The lowest BCUT2D eigenvalue weighted by molar-refractivity contribution is -0.137. The maximum atomic E-state index is 12.8. The van der Waals surface area contributed by atoms with Crippen molar-refractivity contribution in [3.63, 3.8) is 0 Å². The molecule has 0 aromatic heterocycles. The Morgan fingerprint density at radius 3 is 2.33 bits per heavy atom. The third-order valence-corrected chi connectivity index (χ3v) is 4.35. The molecule has 0 heterocycles. The molecule has 0 aromatic carbocycles. The summed E-state index contributed by atoms with van der Waals surface area (Å²) in [6.45, 7) is 8.33. The average molecular weight is 298 g/mol. The summed E-state index contributed by atoms with van der Waals surface area (Å²) in [5.41, 5.74) is -0.374. The van der Waals surface area contributed by atoms with Gasteiger partial charge in [0.1, 0.15) is 0 Å². The van der Waals surface area contributed by atoms with Gasteiger partial charge in [0.05, 0.1) is 6.42 Å². The molecule has 0 aliphatic heterocycles. The quantitative estimate of drug-likeness (QED) is 0.867. The van der Waals surface area contributed by atoms with Gasteiger partial charge in [-0.25, -0.2) is 4.79 Å². The molecular formula is C16H30N2O3. The molecule has 1 saturated carbocycles. The highest BCUT2D eigenvalue weighted by Gasteiger charge is 2.33. The summed E-state index contributed by atoms with van der Waals surface area (Å²) in [4.78, 5) is 27.1. The molecule has 1 N–H and O–H groups in total. The van der Waals surface area contributed by atoms with E-state index in [2.05, 4.69) is 6.92 Å². The molecule has 1 fully saturated rings. The smallest absolute Gasteiger partial charge is 0.320 e. The van der Waals surface area contributed by atoms with Gasteiger partial charge in [0.15, 0.2) is 0 Å². The SMILES string of the molecule is CC1CCCC(N(C)C(=O)N(CCC(=O)O)C(C)(C)C)C1. The molecule has 0 aromatic rings. The number of hydrogen-bond acceptors (Lipinski definition) is 2. The molecule has 122 valence electrons. The van der Waals surface area contributed by atoms with Gasteiger partial charge < -0.3 is 14.9 Å². The molecule has 2 unspecified atom stereocenters. The lowest BCUT2D eigenvalue weighted by atomic mass is 9.86. The van der Waals surface area contributed by atoms with Crippen LogP contribution in [0.1, 0.15) is 59.8 Å². The van der Waals surface area contributed by atoms with E-state index in [9.17, 15) is 9.59 Å². The largest absolute Gasteiger partial charge is 0.481 e. The summed E-state index contributed by atoms with van der Waals surface area (Å²) in [7, 11) is 1.85. The van der Waals surface area contributed by atoms with Crippen LogP contribution >= 0.6 is 0 Å². The molecule has 1 aliphatic carbocycles. The number of carbonyl (C=O) groups is 2. The average Bonchev–Trinajstić information content (AvgIpc) is 2.35. The number of hydrogen-bond donors (Lipinski definition) is 1. The fourth-order valence-electron chi connectivity index (χ4n) is 3.03. The zero-order valence-electron chi connectivity index (χ0n) is 14.1. The molecule has 2 atom stereocenters. The summed E-state index contributed by atoms with van der Waals surface area (Å²) < 4.78 is 0. The van der Waals surface area contributed by atoms with E-state index in [1.54, 1.807) is 4.90 Å². The zero-order chi connectivity index (χ0) is 16.2. The van der Waals surface area contributed by atoms with E-state index in [4.69, 9.17) is 5.11 Å². The monoisotopic (exact) mass is 298 g/mol. The molecule has 1 aliphatic rings. The van der Waals surface area contributed by atoms with Crippen LogP contribution in [0.25, 0.3) is 0 Å². The highest BCUT2D eigenvalue weighted by atomic mass is 16.4. The number of urea groups is 1. The molecule has 0 bridgehead atoms. The number of rotatable bonds is 4. The van der Waals surface area contributed by atoms with Crippen LogP contribution in [0.4, 0.5) is 4.79 Å². The minimum Gasteiger partial charge on any atom is -0.481 e. The molecule has 21 heavy (non-hydrogen) atoms. The maximum absolute atomic E-state index is 12.8. The molecule has 0 saturated heterocycles. The third kappa shape index (κ3) is 5.21. The number of aliphatic carboxylic acids is 1. The lowest BCUT2D eigenvalue weighted by Crippen LogP contribution is -2.54. The van der Waals surface area contributed by atoms with Gasteiger partial charge in [-0.15, -0.1) is 0 Å². The lowest BCUT2D eigenvalue weighted by Gasteiger charge is -2.42. The maximum Gasteiger partial charge on any atom is 0.320 e. The standard InChI is InChI=1S/C16H30N2O3/c1-12-7-6-8-13(11-12)17(5)15(21)18(16(2,3)4)10-9-14(19)20/h12-13H,6-11H2,1-5H3,(H,19,20). The van der Waals surface area contributed by atoms with E-state index in [0.29, 0.717) is 5.92 Å². The van der Waals surface area contributed by atoms with Crippen molar-refractivity contribution in [2.45, 2.75) is 71.4 Å². The number of amides is 2. The van der Waals surface area contributed by atoms with E-state index < -0.39 is 5.97 Å². The fraction of sp³-hybridized carbons (Fsp3) is 0.875. The molecular weight excluding hydrogens is 268 g/mol. The van der Waals surface area contributed by atoms with Crippen LogP contribution in [-0.2, 0) is 4.79 Å². The van der Waals surface area contributed by atoms with Gasteiger partial charge >= 0.3 is 12.0 Å². The summed E-state index contributed by atoms with van der Waals surface area (Å²) in [5.74, 6) is -0.216. The van der Waals surface area contributed by atoms with Gasteiger partial charge in [-0.05, 0) is 39.5 Å². The minimum absolute atomic E-state index is 0.0160. The first kappa shape index (κ1) is 17.8. The van der Waals surface area contributed by atoms with E-state index in [-0.39, 0.29) is 30.6 Å². The Bertz CT molecular complexity index is 376. The van der Waals surface area contributed by atoms with Crippen molar-refractivity contribution in [3.8, 4) is 0 Å². The number of carboxylic acid groups (broad SMARTS) is 1. The molecule has 5 nitrogen and oxygen atoms in total. The number of nitrogens with zero attached hydrogens (tertiary/aromatic N) is 2. The van der Waals surface area contributed by atoms with Gasteiger partial charge in [-0.3, -0.25) is 4.79 Å². The Morgan fingerprint density at radius 2 is 1.86 bits per heavy atom. The molecule has 2 amide bonds. The van der Waals surface area contributed by atoms with Crippen molar-refractivity contribution >= 4 is 12.0 Å². The molecule has 5 heteroatoms. The van der Waals surface area contributed by atoms with E-state index >= 15 is 0 Å². The number of carboxylic acids is 1. The highest BCUT2D eigenvalue weighted by Crippen LogP contribution is 2.28. The summed E-state index contributed by atoms with van der Waals surface area (Å²) in [6.07, 6.45) is 4.47. The van der Waals surface area contributed by atoms with Crippen molar-refractivity contribution < 1.29 is 14.7 Å². The van der Waals surface area contributed by atoms with Crippen molar-refractivity contribution in [2.24, 2.45) is 5.92 Å². The van der Waals surface area contributed by atoms with Crippen LogP contribution in [0.15, 0.2) is 0 Å². The van der Waals surface area contributed by atoms with E-state index in [1.807, 2.05) is 32.7 Å². The van der Waals surface area contributed by atoms with Gasteiger partial charge in [0.2, 0.25) is 0 Å². The van der Waals surface area contributed by atoms with Gasteiger partial charge in [-0.2, -0.15) is 0 Å². The topological polar surface area (TPSA) is 60.9 Å². The second kappa shape index (κ2) is 7.14. The predicted octanol–water partition coefficient (Wildman–Crippen LogP) is 3.19. The Hall–Kier alpha value is -1.26. The Balaban J connectivity index is 2.76. The van der Waals surface area contributed by atoms with Gasteiger partial charge in [-0.1, -0.05) is 19.8 Å². The first-order valence-corrected chi connectivity index (χ1v) is 7.89. The van der Waals surface area contributed by atoms with Crippen molar-refractivity contribution in [1.29, 1.82) is 0 Å². The normalized spacial score (nSPS) is 22.7. The van der Waals surface area contributed by atoms with Gasteiger partial charge in [0.25, 0.3) is 0 Å². The summed E-state index contributed by atoms with van der Waals surface area (Å²) in [5, 5.41) is 8.88. The van der Waals surface area contributed by atoms with Crippen molar-refractivity contribution in [2.75, 3.05) is 13.6 Å². The van der Waals surface area contributed by atoms with Crippen LogP contribution < -0.4 is 0 Å². The van der Waals surface area contributed by atoms with Crippen LogP contribution in [-0.4, -0.2) is 52.1 Å². The molecule has 1 rings (SSSR count). The Morgan fingerprint density at radius 1 is 1.24 bits per heavy atom. The molecule has 0 radical (unpaired) electrons. The zero-order valence-corrected chi connectivity index (χ0v) is 14.1. The van der Waals surface area contributed by atoms with Crippen LogP contribution in [0, 0.1) is 5.92 Å². The van der Waals surface area contributed by atoms with Gasteiger partial charge in [0, 0.05) is 25.2 Å². The van der Waals surface area contributed by atoms with Crippen molar-refractivity contribution in [3.05, 3.63) is 0 Å². The van der Waals surface area contributed by atoms with Crippen LogP contribution in [0.2, 0.25) is 0 Å². The summed E-state index contributed by atoms with van der Waals surface area (Å²) >= 11 is 0. The highest BCUT2D eigenvalue weighted by molar-refractivity contribution is 5.76. The Kier molecular flexibility index (Phi) is 6.05. The van der Waals surface area contributed by atoms with E-state index in [0.717, 1.165) is 19.3 Å². The fourth-order valence-corrected chi connectivity index (χ4v) is 3.03. The van der Waals surface area contributed by atoms with Crippen LogP contribution in [0.3, 0.4) is 0 Å². The Labute approximate surface area is 128 Å². The number of carbonyl (C=O) groups excluding carboxylic acids is 1. The first-order valence-electron chi connectivity index (χ1n) is 7.89. The van der Waals surface area contributed by atoms with Crippen LogP contribution in [0.5, 0.6) is 0 Å². The predicted molar refractivity (Wildman–Crippen MR) is 83.3 cm³/mol. The van der Waals surface area contributed by atoms with E-state index in [1.165, 1.54) is 6.42 Å². The van der Waals surface area contributed by atoms with Crippen molar-refractivity contribution in [1.82, 2.24) is 9.80 Å². The molecule has 0 spiro atoms. The third-order valence-electron chi connectivity index (χ3n) is 4.35. The first-order chi connectivity index (χ1) is 9.62. The second-order valence-corrected chi connectivity index (χ2v) is 7.29. The second-order valence-electron chi connectivity index (χ2n) is 7.29. The summed E-state index contributed by atoms with van der Waals surface area (Å²) in [6, 6.07) is 0.221.